The lowest BCUT2D eigenvalue weighted by molar-refractivity contribution is -0.138. The molecular weight excluding hydrogens is 508 g/mol. The fraction of sp³-hybridized carbons (Fsp3) is 0.600. The number of rotatable bonds is 7. The van der Waals surface area contributed by atoms with Gasteiger partial charge in [-0.3, -0.25) is 9.59 Å². The molecule has 41 heavy (non-hydrogen) atoms. The van der Waals surface area contributed by atoms with Crippen LogP contribution in [0.3, 0.4) is 0 Å². The Morgan fingerprint density at radius 3 is 2.20 bits per heavy atom. The fourth-order valence-corrected chi connectivity index (χ4v) is 7.79. The summed E-state index contributed by atoms with van der Waals surface area (Å²) < 4.78 is 0. The maximum Gasteiger partial charge on any atom is 0.254 e. The highest BCUT2D eigenvalue weighted by atomic mass is 16.2. The highest BCUT2D eigenvalue weighted by Crippen LogP contribution is 2.49. The lowest BCUT2D eigenvalue weighted by atomic mass is 9.59. The molecule has 1 spiro atoms. The number of benzene rings is 2. The molecule has 0 radical (unpaired) electrons. The van der Waals surface area contributed by atoms with Crippen LogP contribution in [-0.2, 0) is 17.9 Å². The first-order valence-electron chi connectivity index (χ1n) is 16.2. The van der Waals surface area contributed by atoms with Gasteiger partial charge < -0.3 is 21.3 Å². The summed E-state index contributed by atoms with van der Waals surface area (Å²) >= 11 is 0. The molecule has 0 aromatic heterocycles. The molecule has 2 aromatic carbocycles. The minimum Gasteiger partial charge on any atom is -0.353 e. The van der Waals surface area contributed by atoms with E-state index in [-0.39, 0.29) is 35.1 Å². The summed E-state index contributed by atoms with van der Waals surface area (Å²) in [5.74, 6) is 0.251. The van der Waals surface area contributed by atoms with Crippen LogP contribution in [0.4, 0.5) is 0 Å². The van der Waals surface area contributed by atoms with Crippen LogP contribution >= 0.6 is 0 Å². The zero-order valence-electron chi connectivity index (χ0n) is 25.2. The number of fused-ring (bicyclic) bond motifs is 1. The Labute approximate surface area is 246 Å². The Kier molecular flexibility index (Phi) is 9.82. The highest BCUT2D eigenvalue weighted by Gasteiger charge is 2.51. The molecule has 6 nitrogen and oxygen atoms in total. The van der Waals surface area contributed by atoms with Crippen LogP contribution in [0.15, 0.2) is 42.5 Å². The van der Waals surface area contributed by atoms with Crippen molar-refractivity contribution in [3.05, 3.63) is 59.2 Å². The molecule has 3 atom stereocenters. The molecule has 2 aliphatic heterocycles. The zero-order valence-corrected chi connectivity index (χ0v) is 25.2. The van der Waals surface area contributed by atoms with Gasteiger partial charge in [-0.05, 0) is 59.4 Å². The van der Waals surface area contributed by atoms with Crippen LogP contribution in [0.25, 0.3) is 11.1 Å². The maximum absolute atomic E-state index is 13.7. The average molecular weight is 559 g/mol. The monoisotopic (exact) mass is 558 g/mol. The molecule has 2 amide bonds. The van der Waals surface area contributed by atoms with Crippen molar-refractivity contribution >= 4 is 11.8 Å². The van der Waals surface area contributed by atoms with Gasteiger partial charge >= 0.3 is 0 Å². The Bertz CT molecular complexity index is 1180. The van der Waals surface area contributed by atoms with E-state index >= 15 is 0 Å². The second kappa shape index (κ2) is 13.5. The standard InChI is InChI=1S/C35H50N4O2/c1-25-32(33(40)38-26(2)35(25)17-9-7-5-3-4-6-8-10-18-35)24-39-23-30-16-15-29(21-31(30)34(39)41)28-13-11-27(12-14-28)22-37-20-19-36/h11-16,21,25-26,32,37H,3-10,17-20,22-24,36H2,1-2H3,(H,38,40). The van der Waals surface area contributed by atoms with Crippen LogP contribution in [0.2, 0.25) is 0 Å². The number of carbonyl (C=O) groups excluding carboxylic acids is 2. The van der Waals surface area contributed by atoms with Crippen LogP contribution in [0, 0.1) is 17.3 Å². The number of nitrogens with two attached hydrogens (primary N) is 1. The van der Waals surface area contributed by atoms with E-state index in [1.54, 1.807) is 0 Å². The maximum atomic E-state index is 13.7. The summed E-state index contributed by atoms with van der Waals surface area (Å²) in [6.07, 6.45) is 12.8. The normalized spacial score (nSPS) is 25.0. The third-order valence-electron chi connectivity index (χ3n) is 10.4. The Morgan fingerprint density at radius 2 is 1.54 bits per heavy atom. The summed E-state index contributed by atoms with van der Waals surface area (Å²) in [5.41, 5.74) is 10.9. The molecule has 222 valence electrons. The molecule has 3 unspecified atom stereocenters. The van der Waals surface area contributed by atoms with Crippen LogP contribution in [0.5, 0.6) is 0 Å². The summed E-state index contributed by atoms with van der Waals surface area (Å²) in [6.45, 7) is 7.83. The third-order valence-corrected chi connectivity index (χ3v) is 10.4. The number of hydrogen-bond donors (Lipinski definition) is 3. The van der Waals surface area contributed by atoms with Crippen LogP contribution in [-0.4, -0.2) is 42.4 Å². The topological polar surface area (TPSA) is 87.5 Å². The molecule has 3 aliphatic rings. The van der Waals surface area contributed by atoms with E-state index in [0.29, 0.717) is 19.6 Å². The van der Waals surface area contributed by atoms with Gasteiger partial charge in [-0.2, -0.15) is 0 Å². The quantitative estimate of drug-likeness (QED) is 0.362. The number of amides is 2. The van der Waals surface area contributed by atoms with E-state index in [2.05, 4.69) is 60.9 Å². The molecule has 2 aromatic rings. The van der Waals surface area contributed by atoms with Crippen molar-refractivity contribution in [1.82, 2.24) is 15.5 Å². The molecule has 0 bridgehead atoms. The molecule has 2 heterocycles. The molecule has 1 aliphatic carbocycles. The van der Waals surface area contributed by atoms with Crippen molar-refractivity contribution in [3.63, 3.8) is 0 Å². The van der Waals surface area contributed by atoms with Gasteiger partial charge in [0.1, 0.15) is 0 Å². The number of piperidine rings is 1. The van der Waals surface area contributed by atoms with Gasteiger partial charge in [0.25, 0.3) is 5.91 Å². The third kappa shape index (κ3) is 6.54. The van der Waals surface area contributed by atoms with Gasteiger partial charge in [0.05, 0.1) is 5.92 Å². The molecule has 1 saturated heterocycles. The smallest absolute Gasteiger partial charge is 0.254 e. The van der Waals surface area contributed by atoms with Crippen molar-refractivity contribution in [2.45, 2.75) is 97.2 Å². The van der Waals surface area contributed by atoms with Gasteiger partial charge in [-0.15, -0.1) is 0 Å². The van der Waals surface area contributed by atoms with Crippen molar-refractivity contribution in [2.24, 2.45) is 23.0 Å². The van der Waals surface area contributed by atoms with E-state index < -0.39 is 0 Å². The SMILES string of the molecule is CC1NC(=O)C(CN2Cc3ccc(-c4ccc(CNCCN)cc4)cc3C2=O)C(C)C12CCCCCCCCCC2. The molecule has 5 rings (SSSR count). The first kappa shape index (κ1) is 29.8. The van der Waals surface area contributed by atoms with Gasteiger partial charge in [-0.25, -0.2) is 0 Å². The number of carbonyl (C=O) groups is 2. The van der Waals surface area contributed by atoms with E-state index in [9.17, 15) is 9.59 Å². The predicted molar refractivity (Wildman–Crippen MR) is 166 cm³/mol. The predicted octanol–water partition coefficient (Wildman–Crippen LogP) is 6.03. The molecule has 6 heteroatoms. The van der Waals surface area contributed by atoms with E-state index in [1.807, 2.05) is 11.0 Å². The van der Waals surface area contributed by atoms with Gasteiger partial charge in [0, 0.05) is 44.3 Å². The molecule has 1 saturated carbocycles. The first-order chi connectivity index (χ1) is 19.9. The van der Waals surface area contributed by atoms with Gasteiger partial charge in [-0.1, -0.05) is 94.7 Å². The molecular formula is C35H50N4O2. The Balaban J connectivity index is 1.29. The van der Waals surface area contributed by atoms with Crippen molar-refractivity contribution < 1.29 is 9.59 Å². The second-order valence-corrected chi connectivity index (χ2v) is 12.9. The van der Waals surface area contributed by atoms with Crippen LogP contribution < -0.4 is 16.4 Å². The number of nitrogens with one attached hydrogen (secondary N) is 2. The summed E-state index contributed by atoms with van der Waals surface area (Å²) in [6, 6.07) is 14.9. The van der Waals surface area contributed by atoms with E-state index in [1.165, 1.54) is 69.8 Å². The van der Waals surface area contributed by atoms with Crippen molar-refractivity contribution in [2.75, 3.05) is 19.6 Å². The Hall–Kier alpha value is -2.70. The van der Waals surface area contributed by atoms with E-state index in [4.69, 9.17) is 5.73 Å². The zero-order chi connectivity index (χ0) is 28.8. The van der Waals surface area contributed by atoms with Crippen molar-refractivity contribution in [3.8, 4) is 11.1 Å². The second-order valence-electron chi connectivity index (χ2n) is 12.9. The molecule has 2 fully saturated rings. The minimum absolute atomic E-state index is 0.0552. The fourth-order valence-electron chi connectivity index (χ4n) is 7.79. The van der Waals surface area contributed by atoms with Crippen LogP contribution in [0.1, 0.15) is 99.5 Å². The molecule has 4 N–H and O–H groups in total. The highest BCUT2D eigenvalue weighted by molar-refractivity contribution is 6.00. The first-order valence-corrected chi connectivity index (χ1v) is 16.2. The lowest BCUT2D eigenvalue weighted by Crippen LogP contribution is -2.61. The summed E-state index contributed by atoms with van der Waals surface area (Å²) in [5, 5.41) is 6.72. The average Bonchev–Trinajstić information content (AvgIpc) is 3.25. The Morgan fingerprint density at radius 1 is 0.902 bits per heavy atom. The van der Waals surface area contributed by atoms with E-state index in [0.717, 1.165) is 35.3 Å². The largest absolute Gasteiger partial charge is 0.353 e. The summed E-state index contributed by atoms with van der Waals surface area (Å²) in [4.78, 5) is 29.1. The number of nitrogens with zero attached hydrogens (tertiary/aromatic N) is 1. The van der Waals surface area contributed by atoms with Gasteiger partial charge in [0.15, 0.2) is 0 Å². The number of hydrogen-bond acceptors (Lipinski definition) is 4. The van der Waals surface area contributed by atoms with Gasteiger partial charge in [0.2, 0.25) is 5.91 Å². The lowest BCUT2D eigenvalue weighted by Gasteiger charge is -2.52. The van der Waals surface area contributed by atoms with Crippen molar-refractivity contribution in [1.29, 1.82) is 0 Å². The minimum atomic E-state index is -0.172. The summed E-state index contributed by atoms with van der Waals surface area (Å²) in [7, 11) is 0.